The largest absolute Gasteiger partial charge is 0.391 e. The fraction of sp³-hybridized carbons (Fsp3) is 0.500. The SMILES string of the molecule is C=C[C@@H](C[C@H](O)[C@H](CC1CCCCC1)NC(=O)[C@H](Cc1c[nH]cn1)NC(=O)[C@H](Cc1ccccc1)NC(=O)Cc1cccnc1)C(C)C. The summed E-state index contributed by atoms with van der Waals surface area (Å²) in [5.74, 6) is -0.408. The van der Waals surface area contributed by atoms with Crippen molar-refractivity contribution < 1.29 is 19.5 Å². The molecule has 2 aromatic heterocycles. The summed E-state index contributed by atoms with van der Waals surface area (Å²) in [4.78, 5) is 52.5. The van der Waals surface area contributed by atoms with Gasteiger partial charge in [-0.15, -0.1) is 6.58 Å². The molecule has 0 aliphatic heterocycles. The normalized spacial score (nSPS) is 16.7. The van der Waals surface area contributed by atoms with Gasteiger partial charge < -0.3 is 26.0 Å². The molecule has 0 bridgehead atoms. The molecule has 10 nitrogen and oxygen atoms in total. The van der Waals surface area contributed by atoms with Gasteiger partial charge in [-0.1, -0.05) is 88.4 Å². The minimum atomic E-state index is -0.990. The Morgan fingerprint density at radius 3 is 2.31 bits per heavy atom. The van der Waals surface area contributed by atoms with E-state index in [1.165, 1.54) is 12.7 Å². The molecule has 258 valence electrons. The highest BCUT2D eigenvalue weighted by molar-refractivity contribution is 5.92. The van der Waals surface area contributed by atoms with Gasteiger partial charge in [-0.05, 0) is 47.8 Å². The van der Waals surface area contributed by atoms with Crippen molar-refractivity contribution in [2.45, 2.75) is 102 Å². The zero-order chi connectivity index (χ0) is 34.3. The van der Waals surface area contributed by atoms with E-state index in [9.17, 15) is 19.5 Å². The van der Waals surface area contributed by atoms with Gasteiger partial charge in [0, 0.05) is 31.4 Å². The van der Waals surface area contributed by atoms with Crippen LogP contribution in [0.2, 0.25) is 0 Å². The van der Waals surface area contributed by atoms with Gasteiger partial charge in [-0.2, -0.15) is 0 Å². The number of pyridine rings is 1. The molecule has 2 heterocycles. The van der Waals surface area contributed by atoms with Crippen molar-refractivity contribution >= 4 is 17.7 Å². The lowest BCUT2D eigenvalue weighted by atomic mass is 9.81. The number of benzene rings is 1. The van der Waals surface area contributed by atoms with Crippen molar-refractivity contribution in [1.29, 1.82) is 0 Å². The Morgan fingerprint density at radius 1 is 0.958 bits per heavy atom. The quantitative estimate of drug-likeness (QED) is 0.128. The Kier molecular flexibility index (Phi) is 14.4. The topological polar surface area (TPSA) is 149 Å². The van der Waals surface area contributed by atoms with Gasteiger partial charge in [0.05, 0.1) is 30.6 Å². The fourth-order valence-electron chi connectivity index (χ4n) is 6.55. The highest BCUT2D eigenvalue weighted by atomic mass is 16.3. The van der Waals surface area contributed by atoms with Gasteiger partial charge in [0.1, 0.15) is 12.1 Å². The smallest absolute Gasteiger partial charge is 0.243 e. The zero-order valence-electron chi connectivity index (χ0n) is 28.3. The lowest BCUT2D eigenvalue weighted by molar-refractivity contribution is -0.132. The first-order chi connectivity index (χ1) is 23.2. The average Bonchev–Trinajstić information content (AvgIpc) is 3.60. The Morgan fingerprint density at radius 2 is 1.67 bits per heavy atom. The van der Waals surface area contributed by atoms with E-state index in [4.69, 9.17) is 0 Å². The minimum absolute atomic E-state index is 0.0619. The number of aromatic nitrogens is 3. The summed E-state index contributed by atoms with van der Waals surface area (Å²) in [5, 5.41) is 20.5. The van der Waals surface area contributed by atoms with E-state index in [0.29, 0.717) is 30.4 Å². The maximum absolute atomic E-state index is 14.1. The van der Waals surface area contributed by atoms with E-state index in [-0.39, 0.29) is 31.1 Å². The van der Waals surface area contributed by atoms with Gasteiger partial charge in [-0.3, -0.25) is 19.4 Å². The summed E-state index contributed by atoms with van der Waals surface area (Å²) in [7, 11) is 0. The molecular weight excluding hydrogens is 604 g/mol. The maximum atomic E-state index is 14.1. The number of nitrogens with zero attached hydrogens (tertiary/aromatic N) is 2. The summed E-state index contributed by atoms with van der Waals surface area (Å²) in [6.45, 7) is 8.18. The van der Waals surface area contributed by atoms with Gasteiger partial charge in [0.2, 0.25) is 17.7 Å². The number of carbonyl (C=O) groups excluding carboxylic acids is 3. The average molecular weight is 657 g/mol. The molecule has 5 N–H and O–H groups in total. The van der Waals surface area contributed by atoms with Crippen LogP contribution in [0.25, 0.3) is 0 Å². The van der Waals surface area contributed by atoms with E-state index >= 15 is 0 Å². The summed E-state index contributed by atoms with van der Waals surface area (Å²) in [6.07, 6.45) is 14.8. The summed E-state index contributed by atoms with van der Waals surface area (Å²) in [5.41, 5.74) is 2.19. The molecule has 48 heavy (non-hydrogen) atoms. The predicted octanol–water partition coefficient (Wildman–Crippen LogP) is 4.47. The van der Waals surface area contributed by atoms with Crippen molar-refractivity contribution in [3.05, 3.63) is 96.9 Å². The number of nitrogens with one attached hydrogen (secondary N) is 4. The Balaban J connectivity index is 1.54. The van der Waals surface area contributed by atoms with Crippen LogP contribution in [0.4, 0.5) is 0 Å². The van der Waals surface area contributed by atoms with Crippen LogP contribution in [0.1, 0.15) is 75.6 Å². The number of rotatable bonds is 18. The zero-order valence-corrected chi connectivity index (χ0v) is 28.3. The highest BCUT2D eigenvalue weighted by Crippen LogP contribution is 2.30. The third kappa shape index (κ3) is 11.7. The van der Waals surface area contributed by atoms with Crippen molar-refractivity contribution in [1.82, 2.24) is 30.9 Å². The lowest BCUT2D eigenvalue weighted by Crippen LogP contribution is -2.57. The first-order valence-electron chi connectivity index (χ1n) is 17.3. The van der Waals surface area contributed by atoms with Crippen LogP contribution >= 0.6 is 0 Å². The van der Waals surface area contributed by atoms with Crippen LogP contribution in [-0.2, 0) is 33.6 Å². The molecule has 0 radical (unpaired) electrons. The number of amides is 3. The number of imidazole rings is 1. The number of aliphatic hydroxyl groups excluding tert-OH is 1. The van der Waals surface area contributed by atoms with E-state index in [2.05, 4.69) is 51.3 Å². The third-order valence-electron chi connectivity index (χ3n) is 9.40. The molecule has 0 spiro atoms. The molecule has 1 aliphatic carbocycles. The second-order valence-electron chi connectivity index (χ2n) is 13.5. The van der Waals surface area contributed by atoms with Crippen LogP contribution < -0.4 is 16.0 Å². The molecule has 0 unspecified atom stereocenters. The number of aliphatic hydroxyl groups is 1. The lowest BCUT2D eigenvalue weighted by Gasteiger charge is -2.33. The van der Waals surface area contributed by atoms with E-state index in [1.807, 2.05) is 36.4 Å². The summed E-state index contributed by atoms with van der Waals surface area (Å²) >= 11 is 0. The minimum Gasteiger partial charge on any atom is -0.391 e. The van der Waals surface area contributed by atoms with Gasteiger partial charge in [0.25, 0.3) is 0 Å². The van der Waals surface area contributed by atoms with Crippen LogP contribution in [0.5, 0.6) is 0 Å². The summed E-state index contributed by atoms with van der Waals surface area (Å²) < 4.78 is 0. The first-order valence-corrected chi connectivity index (χ1v) is 17.3. The second-order valence-corrected chi connectivity index (χ2v) is 13.5. The molecule has 5 atom stereocenters. The molecule has 3 aromatic rings. The van der Waals surface area contributed by atoms with Crippen LogP contribution in [0.15, 0.2) is 80.0 Å². The third-order valence-corrected chi connectivity index (χ3v) is 9.40. The summed E-state index contributed by atoms with van der Waals surface area (Å²) in [6, 6.07) is 10.6. The van der Waals surface area contributed by atoms with Crippen molar-refractivity contribution in [2.75, 3.05) is 0 Å². The molecule has 0 saturated heterocycles. The van der Waals surface area contributed by atoms with Crippen molar-refractivity contribution in [2.24, 2.45) is 17.8 Å². The number of hydrogen-bond acceptors (Lipinski definition) is 6. The van der Waals surface area contributed by atoms with E-state index in [1.54, 1.807) is 30.7 Å². The molecule has 4 rings (SSSR count). The van der Waals surface area contributed by atoms with Gasteiger partial charge in [0.15, 0.2) is 0 Å². The highest BCUT2D eigenvalue weighted by Gasteiger charge is 2.33. The standard InChI is InChI=1S/C38H52N6O4/c1-4-30(26(2)3)21-35(45)32(18-27-12-7-5-8-13-27)43-38(48)34(22-31-24-40-25-41-31)44-37(47)33(19-28-14-9-6-10-15-28)42-36(46)20-29-16-11-17-39-23-29/h4,6,9-11,14-17,23-27,30,32-35,45H,1,5,7-8,12-13,18-22H2,2-3H3,(H,40,41)(H,42,46)(H,43,48)(H,44,47)/t30-,32-,33-,34-,35-/m0/s1. The van der Waals surface area contributed by atoms with Crippen LogP contribution in [0, 0.1) is 17.8 Å². The molecule has 3 amide bonds. The Bertz CT molecular complexity index is 1410. The fourth-order valence-corrected chi connectivity index (χ4v) is 6.55. The van der Waals surface area contributed by atoms with Crippen molar-refractivity contribution in [3.63, 3.8) is 0 Å². The molecule has 10 heteroatoms. The van der Waals surface area contributed by atoms with Gasteiger partial charge >= 0.3 is 0 Å². The van der Waals surface area contributed by atoms with Gasteiger partial charge in [-0.25, -0.2) is 4.98 Å². The number of H-pyrrole nitrogens is 1. The second kappa shape index (κ2) is 18.9. The van der Waals surface area contributed by atoms with Crippen molar-refractivity contribution in [3.8, 4) is 0 Å². The first kappa shape index (κ1) is 36.5. The molecule has 1 saturated carbocycles. The molecule has 1 aromatic carbocycles. The number of aromatic amines is 1. The number of allylic oxidation sites excluding steroid dienone is 1. The molecule has 1 aliphatic rings. The van der Waals surface area contributed by atoms with Crippen LogP contribution in [0.3, 0.4) is 0 Å². The predicted molar refractivity (Wildman–Crippen MR) is 187 cm³/mol. The monoisotopic (exact) mass is 656 g/mol. The van der Waals surface area contributed by atoms with E-state index in [0.717, 1.165) is 36.8 Å². The number of hydrogen-bond donors (Lipinski definition) is 5. The van der Waals surface area contributed by atoms with E-state index < -0.39 is 36.0 Å². The Hall–Kier alpha value is -4.31. The molecular formula is C38H52N6O4. The van der Waals surface area contributed by atoms with Crippen LogP contribution in [-0.4, -0.2) is 62.0 Å². The Labute approximate surface area is 284 Å². The maximum Gasteiger partial charge on any atom is 0.243 e. The number of carbonyl (C=O) groups is 3. The molecule has 1 fully saturated rings.